The topological polar surface area (TPSA) is 51.0 Å². The number of hydrogen-bond acceptors (Lipinski definition) is 5. The molecule has 0 aromatic heterocycles. The summed E-state index contributed by atoms with van der Waals surface area (Å²) in [5.41, 5.74) is 7.27. The average molecular weight is 321 g/mol. The molecule has 1 aromatic rings. The highest BCUT2D eigenvalue weighted by atomic mass is 16.5. The minimum absolute atomic E-state index is 0.139. The summed E-state index contributed by atoms with van der Waals surface area (Å²) in [6, 6.07) is 6.76. The summed E-state index contributed by atoms with van der Waals surface area (Å²) in [5, 5.41) is 0. The molecule has 0 spiro atoms. The maximum atomic E-state index is 6.15. The van der Waals surface area contributed by atoms with E-state index < -0.39 is 0 Å². The van der Waals surface area contributed by atoms with Crippen molar-refractivity contribution in [2.24, 2.45) is 5.73 Å². The van der Waals surface area contributed by atoms with Crippen LogP contribution in [0, 0.1) is 0 Å². The molecule has 0 bridgehead atoms. The van der Waals surface area contributed by atoms with Gasteiger partial charge in [-0.05, 0) is 53.0 Å². The molecule has 2 N–H and O–H groups in total. The molecule has 1 fully saturated rings. The smallest absolute Gasteiger partial charge is 0.165 e. The van der Waals surface area contributed by atoms with Gasteiger partial charge in [0.2, 0.25) is 0 Å². The van der Waals surface area contributed by atoms with Crippen molar-refractivity contribution in [2.75, 3.05) is 47.4 Å². The third-order valence-electron chi connectivity index (χ3n) is 4.86. The number of benzene rings is 1. The van der Waals surface area contributed by atoms with Gasteiger partial charge in [-0.15, -0.1) is 0 Å². The number of likely N-dealkylation sites (N-methyl/N-ethyl adjacent to an activating group) is 1. The van der Waals surface area contributed by atoms with E-state index in [1.807, 2.05) is 19.1 Å². The Hall–Kier alpha value is -1.30. The van der Waals surface area contributed by atoms with Crippen LogP contribution in [0.5, 0.6) is 11.5 Å². The average Bonchev–Trinajstić information content (AvgIpc) is 2.57. The van der Waals surface area contributed by atoms with Crippen molar-refractivity contribution in [3.63, 3.8) is 0 Å². The number of nitrogens with zero attached hydrogens (tertiary/aromatic N) is 2. The number of para-hydroxylation sites is 1. The molecule has 5 nitrogen and oxygen atoms in total. The van der Waals surface area contributed by atoms with Gasteiger partial charge in [0.25, 0.3) is 0 Å². The molecule has 0 aliphatic carbocycles. The molecule has 23 heavy (non-hydrogen) atoms. The van der Waals surface area contributed by atoms with Crippen molar-refractivity contribution in [2.45, 2.75) is 31.8 Å². The molecule has 0 amide bonds. The van der Waals surface area contributed by atoms with Gasteiger partial charge >= 0.3 is 0 Å². The van der Waals surface area contributed by atoms with Crippen LogP contribution in [0.2, 0.25) is 0 Å². The number of methoxy groups -OCH3 is 1. The van der Waals surface area contributed by atoms with Crippen LogP contribution in [0.4, 0.5) is 0 Å². The zero-order valence-electron chi connectivity index (χ0n) is 14.9. The van der Waals surface area contributed by atoms with Gasteiger partial charge in [0.1, 0.15) is 0 Å². The molecule has 1 aliphatic rings. The van der Waals surface area contributed by atoms with Gasteiger partial charge < -0.3 is 20.1 Å². The third-order valence-corrected chi connectivity index (χ3v) is 4.86. The second kappa shape index (κ2) is 8.52. The zero-order chi connectivity index (χ0) is 16.8. The van der Waals surface area contributed by atoms with Crippen LogP contribution >= 0.6 is 0 Å². The minimum atomic E-state index is 0.139. The highest BCUT2D eigenvalue weighted by molar-refractivity contribution is 5.48. The van der Waals surface area contributed by atoms with E-state index in [-0.39, 0.29) is 6.04 Å². The number of hydrogen-bond donors (Lipinski definition) is 1. The first kappa shape index (κ1) is 18.0. The van der Waals surface area contributed by atoms with Gasteiger partial charge in [0.05, 0.1) is 19.8 Å². The number of rotatable bonds is 7. The first-order valence-corrected chi connectivity index (χ1v) is 8.52. The molecule has 0 saturated carbocycles. The largest absolute Gasteiger partial charge is 0.493 e. The summed E-state index contributed by atoms with van der Waals surface area (Å²) in [6.07, 6.45) is 2.36. The monoisotopic (exact) mass is 321 g/mol. The fourth-order valence-electron chi connectivity index (χ4n) is 3.42. The molecule has 1 heterocycles. The van der Waals surface area contributed by atoms with Gasteiger partial charge in [0, 0.05) is 18.2 Å². The summed E-state index contributed by atoms with van der Waals surface area (Å²) >= 11 is 0. The van der Waals surface area contributed by atoms with Crippen molar-refractivity contribution < 1.29 is 9.47 Å². The predicted molar refractivity (Wildman–Crippen MR) is 94.2 cm³/mol. The van der Waals surface area contributed by atoms with E-state index in [0.717, 1.165) is 30.2 Å². The first-order valence-electron chi connectivity index (χ1n) is 8.52. The zero-order valence-corrected chi connectivity index (χ0v) is 14.9. The van der Waals surface area contributed by atoms with E-state index in [1.165, 1.54) is 12.8 Å². The maximum Gasteiger partial charge on any atom is 0.165 e. The molecule has 1 saturated heterocycles. The lowest BCUT2D eigenvalue weighted by atomic mass is 9.98. The second-order valence-electron chi connectivity index (χ2n) is 6.26. The fraction of sp³-hybridized carbons (Fsp3) is 0.667. The van der Waals surface area contributed by atoms with Crippen molar-refractivity contribution in [1.82, 2.24) is 9.80 Å². The van der Waals surface area contributed by atoms with Crippen molar-refractivity contribution in [1.29, 1.82) is 0 Å². The predicted octanol–water partition coefficient (Wildman–Crippen LogP) is 2.12. The standard InChI is InChI=1S/C18H31N3O2/c1-5-23-18-15(7-6-8-17(18)22-4)16(13-19)21(3)14-9-11-20(2)12-10-14/h6-8,14,16H,5,9-13,19H2,1-4H3. The van der Waals surface area contributed by atoms with E-state index in [4.69, 9.17) is 15.2 Å². The van der Waals surface area contributed by atoms with Crippen LogP contribution in [0.1, 0.15) is 31.4 Å². The Kier molecular flexibility index (Phi) is 6.69. The number of likely N-dealkylation sites (tertiary alicyclic amines) is 1. The second-order valence-corrected chi connectivity index (χ2v) is 6.26. The van der Waals surface area contributed by atoms with Crippen LogP contribution in [0.3, 0.4) is 0 Å². The fourth-order valence-corrected chi connectivity index (χ4v) is 3.42. The van der Waals surface area contributed by atoms with Gasteiger partial charge in [-0.1, -0.05) is 12.1 Å². The Labute approximate surface area is 140 Å². The molecule has 5 heteroatoms. The van der Waals surface area contributed by atoms with Crippen molar-refractivity contribution >= 4 is 0 Å². The SMILES string of the molecule is CCOc1c(OC)cccc1C(CN)N(C)C1CCN(C)CC1. The Morgan fingerprint density at radius 1 is 1.35 bits per heavy atom. The van der Waals surface area contributed by atoms with Gasteiger partial charge in [-0.25, -0.2) is 0 Å². The Morgan fingerprint density at radius 2 is 2.04 bits per heavy atom. The molecule has 2 rings (SSSR count). The number of nitrogens with two attached hydrogens (primary N) is 1. The highest BCUT2D eigenvalue weighted by Gasteiger charge is 2.28. The van der Waals surface area contributed by atoms with Gasteiger partial charge in [0.15, 0.2) is 11.5 Å². The Balaban J connectivity index is 2.26. The van der Waals surface area contributed by atoms with E-state index in [0.29, 0.717) is 19.2 Å². The molecular formula is C18H31N3O2. The molecule has 130 valence electrons. The normalized spacial score (nSPS) is 18.2. The number of piperidine rings is 1. The maximum absolute atomic E-state index is 6.15. The van der Waals surface area contributed by atoms with Crippen LogP contribution in [-0.2, 0) is 0 Å². The molecule has 1 aromatic carbocycles. The van der Waals surface area contributed by atoms with Crippen LogP contribution in [0.25, 0.3) is 0 Å². The van der Waals surface area contributed by atoms with Crippen molar-refractivity contribution in [3.05, 3.63) is 23.8 Å². The summed E-state index contributed by atoms with van der Waals surface area (Å²) < 4.78 is 11.4. The third kappa shape index (κ3) is 4.16. The highest BCUT2D eigenvalue weighted by Crippen LogP contribution is 2.37. The Bertz CT molecular complexity index is 487. The summed E-state index contributed by atoms with van der Waals surface area (Å²) in [4.78, 5) is 4.81. The molecule has 0 radical (unpaired) electrons. The quantitative estimate of drug-likeness (QED) is 0.834. The lowest BCUT2D eigenvalue weighted by molar-refractivity contribution is 0.108. The van der Waals surface area contributed by atoms with Crippen LogP contribution < -0.4 is 15.2 Å². The van der Waals surface area contributed by atoms with Gasteiger partial charge in [-0.2, -0.15) is 0 Å². The first-order chi connectivity index (χ1) is 11.1. The lowest BCUT2D eigenvalue weighted by Crippen LogP contribution is -2.45. The van der Waals surface area contributed by atoms with E-state index in [9.17, 15) is 0 Å². The van der Waals surface area contributed by atoms with Crippen molar-refractivity contribution in [3.8, 4) is 11.5 Å². The summed E-state index contributed by atoms with van der Waals surface area (Å²) in [6.45, 7) is 5.46. The number of ether oxygens (including phenoxy) is 2. The minimum Gasteiger partial charge on any atom is -0.493 e. The lowest BCUT2D eigenvalue weighted by Gasteiger charge is -2.39. The van der Waals surface area contributed by atoms with Crippen LogP contribution in [-0.4, -0.2) is 63.3 Å². The summed E-state index contributed by atoms with van der Waals surface area (Å²) in [5.74, 6) is 1.60. The van der Waals surface area contributed by atoms with Gasteiger partial charge in [-0.3, -0.25) is 4.90 Å². The van der Waals surface area contributed by atoms with Crippen LogP contribution in [0.15, 0.2) is 18.2 Å². The van der Waals surface area contributed by atoms with E-state index in [2.05, 4.69) is 30.0 Å². The Morgan fingerprint density at radius 3 is 2.61 bits per heavy atom. The molecule has 1 unspecified atom stereocenters. The molecule has 1 atom stereocenters. The summed E-state index contributed by atoms with van der Waals surface area (Å²) in [7, 11) is 6.05. The van der Waals surface area contributed by atoms with E-state index in [1.54, 1.807) is 7.11 Å². The van der Waals surface area contributed by atoms with E-state index >= 15 is 0 Å². The molecule has 1 aliphatic heterocycles. The molecular weight excluding hydrogens is 290 g/mol.